The van der Waals surface area contributed by atoms with Crippen LogP contribution in [-0.2, 0) is 9.53 Å². The molecule has 0 saturated heterocycles. The Kier molecular flexibility index (Phi) is 2.33. The topological polar surface area (TPSA) is 67.4 Å². The van der Waals surface area contributed by atoms with Crippen molar-refractivity contribution < 1.29 is 14.3 Å². The number of benzene rings is 1. The Bertz CT molecular complexity index is 560. The van der Waals surface area contributed by atoms with E-state index in [0.717, 1.165) is 11.1 Å². The third kappa shape index (κ3) is 1.64. The van der Waals surface area contributed by atoms with E-state index >= 15 is 0 Å². The molecule has 2 N–H and O–H groups in total. The van der Waals surface area contributed by atoms with E-state index in [4.69, 9.17) is 4.74 Å². The number of ether oxygens (including phenoxy) is 1. The van der Waals surface area contributed by atoms with Gasteiger partial charge in [-0.1, -0.05) is 29.8 Å². The molecule has 0 bridgehead atoms. The summed E-state index contributed by atoms with van der Waals surface area (Å²) >= 11 is 0. The van der Waals surface area contributed by atoms with Gasteiger partial charge in [0, 0.05) is 0 Å². The number of rotatable bonds is 1. The Morgan fingerprint density at radius 2 is 1.94 bits per heavy atom. The van der Waals surface area contributed by atoms with Gasteiger partial charge in [0.1, 0.15) is 6.61 Å². The van der Waals surface area contributed by atoms with E-state index in [0.29, 0.717) is 11.3 Å². The second kappa shape index (κ2) is 3.87. The maximum absolute atomic E-state index is 11.7. The zero-order valence-corrected chi connectivity index (χ0v) is 9.82. The molecule has 1 atom stereocenters. The molecule has 0 radical (unpaired) electrons. The van der Waals surface area contributed by atoms with Gasteiger partial charge in [0.15, 0.2) is 0 Å². The lowest BCUT2D eigenvalue weighted by atomic mass is 9.96. The van der Waals surface area contributed by atoms with Crippen LogP contribution in [0.1, 0.15) is 17.2 Å². The van der Waals surface area contributed by atoms with E-state index in [1.54, 1.807) is 0 Å². The lowest BCUT2D eigenvalue weighted by molar-refractivity contribution is -0.136. The highest BCUT2D eigenvalue weighted by Gasteiger charge is 2.37. The Balaban J connectivity index is 2.04. The fourth-order valence-electron chi connectivity index (χ4n) is 2.20. The van der Waals surface area contributed by atoms with Crippen molar-refractivity contribution in [2.45, 2.75) is 13.0 Å². The third-order valence-corrected chi connectivity index (χ3v) is 3.13. The summed E-state index contributed by atoms with van der Waals surface area (Å²) in [5.74, 6) is -0.372. The standard InChI is InChI=1S/C13H12N2O3/c1-7-2-4-8(5-3-7)11-10-9(6-18-12(10)16)14-13(17)15-11/h2-5,11H,6H2,1H3,(H2,14,15,17). The van der Waals surface area contributed by atoms with Crippen molar-refractivity contribution in [1.29, 1.82) is 0 Å². The highest BCUT2D eigenvalue weighted by Crippen LogP contribution is 2.30. The number of cyclic esters (lactones) is 1. The molecule has 2 aliphatic rings. The number of hydrogen-bond acceptors (Lipinski definition) is 3. The molecule has 0 saturated carbocycles. The van der Waals surface area contributed by atoms with Gasteiger partial charge in [-0.15, -0.1) is 0 Å². The number of esters is 1. The summed E-state index contributed by atoms with van der Waals surface area (Å²) in [5, 5.41) is 5.35. The largest absolute Gasteiger partial charge is 0.456 e. The molecule has 0 spiro atoms. The molecule has 5 nitrogen and oxygen atoms in total. The van der Waals surface area contributed by atoms with E-state index < -0.39 is 6.04 Å². The first kappa shape index (κ1) is 10.8. The second-order valence-electron chi connectivity index (χ2n) is 4.41. The van der Waals surface area contributed by atoms with Crippen LogP contribution in [0.5, 0.6) is 0 Å². The Hall–Kier alpha value is -2.30. The number of urea groups is 1. The van der Waals surface area contributed by atoms with Crippen LogP contribution in [0.15, 0.2) is 35.5 Å². The lowest BCUT2D eigenvalue weighted by Crippen LogP contribution is -2.44. The fraction of sp³-hybridized carbons (Fsp3) is 0.231. The zero-order valence-electron chi connectivity index (χ0n) is 9.82. The highest BCUT2D eigenvalue weighted by molar-refractivity contribution is 5.97. The van der Waals surface area contributed by atoms with Crippen LogP contribution in [0.25, 0.3) is 0 Å². The van der Waals surface area contributed by atoms with Gasteiger partial charge in [0.2, 0.25) is 0 Å². The quantitative estimate of drug-likeness (QED) is 0.728. The number of nitrogens with one attached hydrogen (secondary N) is 2. The second-order valence-corrected chi connectivity index (χ2v) is 4.41. The molecule has 0 fully saturated rings. The smallest absolute Gasteiger partial charge is 0.338 e. The van der Waals surface area contributed by atoms with E-state index in [9.17, 15) is 9.59 Å². The van der Waals surface area contributed by atoms with Crippen molar-refractivity contribution in [3.63, 3.8) is 0 Å². The number of amides is 2. The van der Waals surface area contributed by atoms with Crippen molar-refractivity contribution in [3.8, 4) is 0 Å². The lowest BCUT2D eigenvalue weighted by Gasteiger charge is -2.24. The summed E-state index contributed by atoms with van der Waals surface area (Å²) in [4.78, 5) is 23.2. The monoisotopic (exact) mass is 244 g/mol. The summed E-state index contributed by atoms with van der Waals surface area (Å²) in [5.41, 5.74) is 3.07. The Morgan fingerprint density at radius 1 is 1.22 bits per heavy atom. The van der Waals surface area contributed by atoms with Gasteiger partial charge in [-0.3, -0.25) is 0 Å². The van der Waals surface area contributed by atoms with Gasteiger partial charge < -0.3 is 15.4 Å². The molecular formula is C13H12N2O3. The summed E-state index contributed by atoms with van der Waals surface area (Å²) in [6.07, 6.45) is 0. The molecule has 18 heavy (non-hydrogen) atoms. The Labute approximate surface area is 104 Å². The highest BCUT2D eigenvalue weighted by atomic mass is 16.5. The zero-order chi connectivity index (χ0) is 12.7. The van der Waals surface area contributed by atoms with Crippen LogP contribution in [0.3, 0.4) is 0 Å². The van der Waals surface area contributed by atoms with Gasteiger partial charge in [0.05, 0.1) is 17.3 Å². The molecule has 92 valence electrons. The molecule has 1 unspecified atom stereocenters. The average Bonchev–Trinajstić information content (AvgIpc) is 2.71. The molecule has 2 amide bonds. The molecule has 1 aromatic carbocycles. The minimum Gasteiger partial charge on any atom is -0.456 e. The molecule has 1 aromatic rings. The minimum absolute atomic E-state index is 0.143. The molecular weight excluding hydrogens is 232 g/mol. The van der Waals surface area contributed by atoms with Crippen LogP contribution in [-0.4, -0.2) is 18.6 Å². The Morgan fingerprint density at radius 3 is 2.67 bits per heavy atom. The van der Waals surface area contributed by atoms with Gasteiger partial charge in [-0.05, 0) is 12.5 Å². The summed E-state index contributed by atoms with van der Waals surface area (Å²) in [6.45, 7) is 2.13. The van der Waals surface area contributed by atoms with E-state index in [2.05, 4.69) is 10.6 Å². The SMILES string of the molecule is Cc1ccc(C2NC(=O)NC3=C2C(=O)OC3)cc1. The number of hydrogen-bond donors (Lipinski definition) is 2. The van der Waals surface area contributed by atoms with Crippen molar-refractivity contribution in [2.75, 3.05) is 6.61 Å². The first-order valence-electron chi connectivity index (χ1n) is 5.69. The maximum atomic E-state index is 11.7. The molecule has 3 rings (SSSR count). The van der Waals surface area contributed by atoms with Gasteiger partial charge >= 0.3 is 12.0 Å². The number of carbonyl (C=O) groups excluding carboxylic acids is 2. The van der Waals surface area contributed by atoms with Crippen molar-refractivity contribution in [3.05, 3.63) is 46.7 Å². The van der Waals surface area contributed by atoms with Crippen molar-refractivity contribution in [1.82, 2.24) is 10.6 Å². The van der Waals surface area contributed by atoms with Crippen LogP contribution >= 0.6 is 0 Å². The molecule has 2 heterocycles. The van der Waals surface area contributed by atoms with Crippen LogP contribution in [0, 0.1) is 6.92 Å². The van der Waals surface area contributed by atoms with Gasteiger partial charge in [-0.2, -0.15) is 0 Å². The van der Waals surface area contributed by atoms with E-state index in [1.807, 2.05) is 31.2 Å². The summed E-state index contributed by atoms with van der Waals surface area (Å²) in [7, 11) is 0. The van der Waals surface area contributed by atoms with Crippen LogP contribution < -0.4 is 10.6 Å². The van der Waals surface area contributed by atoms with Crippen LogP contribution in [0.4, 0.5) is 4.79 Å². The maximum Gasteiger partial charge on any atom is 0.338 e. The minimum atomic E-state index is -0.427. The van der Waals surface area contributed by atoms with Crippen LogP contribution in [0.2, 0.25) is 0 Å². The van der Waals surface area contributed by atoms with E-state index in [1.165, 1.54) is 0 Å². The first-order chi connectivity index (χ1) is 8.65. The predicted molar refractivity (Wildman–Crippen MR) is 63.6 cm³/mol. The van der Waals surface area contributed by atoms with E-state index in [-0.39, 0.29) is 18.6 Å². The normalized spacial score (nSPS) is 22.2. The van der Waals surface area contributed by atoms with Gasteiger partial charge in [0.25, 0.3) is 0 Å². The number of carbonyl (C=O) groups is 2. The molecule has 2 aliphatic heterocycles. The summed E-state index contributed by atoms with van der Waals surface area (Å²) < 4.78 is 4.96. The first-order valence-corrected chi connectivity index (χ1v) is 5.69. The number of aryl methyl sites for hydroxylation is 1. The third-order valence-electron chi connectivity index (χ3n) is 3.13. The summed E-state index contributed by atoms with van der Waals surface area (Å²) in [6, 6.07) is 6.97. The average molecular weight is 244 g/mol. The van der Waals surface area contributed by atoms with Gasteiger partial charge in [-0.25, -0.2) is 9.59 Å². The molecule has 0 aromatic heterocycles. The van der Waals surface area contributed by atoms with Crippen molar-refractivity contribution >= 4 is 12.0 Å². The predicted octanol–water partition coefficient (Wildman–Crippen LogP) is 1.16. The fourth-order valence-corrected chi connectivity index (χ4v) is 2.20. The van der Waals surface area contributed by atoms with Crippen molar-refractivity contribution in [2.24, 2.45) is 0 Å². The molecule has 5 heteroatoms. The molecule has 0 aliphatic carbocycles.